The fourth-order valence-electron chi connectivity index (χ4n) is 2.45. The number of aryl methyl sites for hydroxylation is 1. The first-order valence-corrected chi connectivity index (χ1v) is 8.08. The molecule has 28 heavy (non-hydrogen) atoms. The van der Waals surface area contributed by atoms with E-state index in [0.717, 1.165) is 0 Å². The van der Waals surface area contributed by atoms with Gasteiger partial charge in [0.05, 0.1) is 5.56 Å². The molecule has 1 atom stereocenters. The minimum absolute atomic E-state index is 0.0564. The number of aliphatic carboxylic acids is 1. The van der Waals surface area contributed by atoms with E-state index in [1.54, 1.807) is 30.3 Å². The van der Waals surface area contributed by atoms with E-state index in [0.29, 0.717) is 11.6 Å². The fraction of sp³-hybridized carbons (Fsp3) is 0.263. The molecule has 0 fully saturated rings. The van der Waals surface area contributed by atoms with Gasteiger partial charge in [-0.3, -0.25) is 0 Å². The number of rotatable bonds is 6. The summed E-state index contributed by atoms with van der Waals surface area (Å²) < 4.78 is 49.8. The van der Waals surface area contributed by atoms with Crippen molar-refractivity contribution in [1.29, 1.82) is 0 Å². The lowest BCUT2D eigenvalue weighted by Gasteiger charge is -2.17. The number of aliphatic hydroxyl groups is 1. The monoisotopic (exact) mass is 398 g/mol. The second kappa shape index (κ2) is 8.75. The van der Waals surface area contributed by atoms with Crippen molar-refractivity contribution < 1.29 is 42.4 Å². The van der Waals surface area contributed by atoms with Gasteiger partial charge in [0.1, 0.15) is 12.4 Å². The van der Waals surface area contributed by atoms with E-state index < -0.39 is 42.1 Å². The molecule has 0 heterocycles. The van der Waals surface area contributed by atoms with Gasteiger partial charge in [-0.25, -0.2) is 9.59 Å². The predicted molar refractivity (Wildman–Crippen MR) is 90.8 cm³/mol. The molecule has 150 valence electrons. The highest BCUT2D eigenvalue weighted by molar-refractivity contribution is 5.72. The molecule has 0 amide bonds. The average molecular weight is 398 g/mol. The van der Waals surface area contributed by atoms with Crippen LogP contribution in [0.3, 0.4) is 0 Å². The van der Waals surface area contributed by atoms with Crippen LogP contribution in [0.15, 0.2) is 42.5 Å². The average Bonchev–Trinajstić information content (AvgIpc) is 2.61. The number of benzene rings is 2. The molecule has 2 aromatic carbocycles. The SMILES string of the molecule is Cc1cc(C[C@@H](O)C(=O)O)cc(C(F)(F)F)c1OC(=O)OCc1ccccc1. The molecule has 0 aromatic heterocycles. The summed E-state index contributed by atoms with van der Waals surface area (Å²) in [5.41, 5.74) is -0.759. The molecule has 0 aliphatic heterocycles. The zero-order valence-corrected chi connectivity index (χ0v) is 14.7. The normalized spacial score (nSPS) is 12.3. The van der Waals surface area contributed by atoms with Gasteiger partial charge in [0.2, 0.25) is 0 Å². The van der Waals surface area contributed by atoms with Crippen molar-refractivity contribution in [3.05, 3.63) is 64.7 Å². The molecular formula is C19H17F3O6. The second-order valence-electron chi connectivity index (χ2n) is 5.97. The Balaban J connectivity index is 2.22. The summed E-state index contributed by atoms with van der Waals surface area (Å²) in [6.45, 7) is 1.09. The van der Waals surface area contributed by atoms with Gasteiger partial charge in [-0.2, -0.15) is 13.2 Å². The summed E-state index contributed by atoms with van der Waals surface area (Å²) in [4.78, 5) is 22.6. The van der Waals surface area contributed by atoms with Crippen LogP contribution >= 0.6 is 0 Å². The van der Waals surface area contributed by atoms with Crippen molar-refractivity contribution in [3.63, 3.8) is 0 Å². The summed E-state index contributed by atoms with van der Waals surface area (Å²) in [5, 5.41) is 18.1. The second-order valence-corrected chi connectivity index (χ2v) is 5.97. The molecule has 0 saturated heterocycles. The maximum Gasteiger partial charge on any atom is 0.514 e. The Morgan fingerprint density at radius 3 is 2.32 bits per heavy atom. The molecule has 2 rings (SSSR count). The number of ether oxygens (including phenoxy) is 2. The van der Waals surface area contributed by atoms with Crippen LogP contribution in [0, 0.1) is 6.92 Å². The van der Waals surface area contributed by atoms with E-state index >= 15 is 0 Å². The molecule has 9 heteroatoms. The summed E-state index contributed by atoms with van der Waals surface area (Å²) in [6, 6.07) is 10.4. The first kappa shape index (κ1) is 21.2. The number of carboxylic acid groups (broad SMARTS) is 1. The zero-order valence-electron chi connectivity index (χ0n) is 14.7. The number of carboxylic acids is 1. The Morgan fingerprint density at radius 2 is 1.75 bits per heavy atom. The highest BCUT2D eigenvalue weighted by Gasteiger charge is 2.37. The molecule has 0 aliphatic rings. The van der Waals surface area contributed by atoms with Crippen LogP contribution in [0.1, 0.15) is 22.3 Å². The largest absolute Gasteiger partial charge is 0.514 e. The van der Waals surface area contributed by atoms with Gasteiger partial charge in [-0.1, -0.05) is 36.4 Å². The molecule has 0 unspecified atom stereocenters. The van der Waals surface area contributed by atoms with Crippen molar-refractivity contribution in [3.8, 4) is 5.75 Å². The van der Waals surface area contributed by atoms with Gasteiger partial charge in [0.25, 0.3) is 0 Å². The van der Waals surface area contributed by atoms with E-state index in [2.05, 4.69) is 0 Å². The standard InChI is InChI=1S/C19H17F3O6/c1-11-7-13(9-15(23)17(24)25)8-14(19(20,21)22)16(11)28-18(26)27-10-12-5-3-2-4-6-12/h2-8,15,23H,9-10H2,1H3,(H,24,25)/t15-/m1/s1. The van der Waals surface area contributed by atoms with E-state index in [4.69, 9.17) is 14.6 Å². The molecule has 0 radical (unpaired) electrons. The summed E-state index contributed by atoms with van der Waals surface area (Å²) in [6.07, 6.45) is -8.57. The van der Waals surface area contributed by atoms with Crippen LogP contribution in [-0.2, 0) is 28.7 Å². The number of carbonyl (C=O) groups is 2. The van der Waals surface area contributed by atoms with Crippen molar-refractivity contribution in [2.45, 2.75) is 32.2 Å². The van der Waals surface area contributed by atoms with Gasteiger partial charge in [0.15, 0.2) is 6.10 Å². The molecule has 0 aliphatic carbocycles. The molecule has 0 saturated carbocycles. The Morgan fingerprint density at radius 1 is 1.11 bits per heavy atom. The van der Waals surface area contributed by atoms with Crippen LogP contribution < -0.4 is 4.74 Å². The maximum absolute atomic E-state index is 13.4. The van der Waals surface area contributed by atoms with Crippen molar-refractivity contribution >= 4 is 12.1 Å². The van der Waals surface area contributed by atoms with Crippen molar-refractivity contribution in [2.24, 2.45) is 0 Å². The number of alkyl halides is 3. The Hall–Kier alpha value is -3.07. The maximum atomic E-state index is 13.4. The molecule has 0 bridgehead atoms. The Bertz CT molecular complexity index is 849. The van der Waals surface area contributed by atoms with E-state index in [1.807, 2.05) is 0 Å². The van der Waals surface area contributed by atoms with E-state index in [1.165, 1.54) is 13.0 Å². The zero-order chi connectivity index (χ0) is 20.9. The number of carbonyl (C=O) groups excluding carboxylic acids is 1. The molecule has 6 nitrogen and oxygen atoms in total. The minimum Gasteiger partial charge on any atom is -0.479 e. The third kappa shape index (κ3) is 5.71. The van der Waals surface area contributed by atoms with Gasteiger partial charge in [-0.15, -0.1) is 0 Å². The van der Waals surface area contributed by atoms with E-state index in [9.17, 15) is 27.9 Å². The summed E-state index contributed by atoms with van der Waals surface area (Å²) >= 11 is 0. The van der Waals surface area contributed by atoms with Gasteiger partial charge in [0, 0.05) is 6.42 Å². The third-order valence-electron chi connectivity index (χ3n) is 3.74. The molecular weight excluding hydrogens is 381 g/mol. The van der Waals surface area contributed by atoms with Crippen LogP contribution in [0.25, 0.3) is 0 Å². The van der Waals surface area contributed by atoms with Gasteiger partial charge >= 0.3 is 18.3 Å². The topological polar surface area (TPSA) is 93.1 Å². The van der Waals surface area contributed by atoms with Crippen LogP contribution in [0.2, 0.25) is 0 Å². The van der Waals surface area contributed by atoms with Gasteiger partial charge in [-0.05, 0) is 29.7 Å². The lowest BCUT2D eigenvalue weighted by atomic mass is 10.00. The number of hydrogen-bond donors (Lipinski definition) is 2. The quantitative estimate of drug-likeness (QED) is 0.569. The van der Waals surface area contributed by atoms with Crippen molar-refractivity contribution in [1.82, 2.24) is 0 Å². The Labute approximate surface area is 158 Å². The lowest BCUT2D eigenvalue weighted by Crippen LogP contribution is -2.22. The molecule has 2 aromatic rings. The predicted octanol–water partition coefficient (Wildman–Crippen LogP) is 3.72. The summed E-state index contributed by atoms with van der Waals surface area (Å²) in [5.74, 6) is -2.30. The van der Waals surface area contributed by atoms with E-state index in [-0.39, 0.29) is 17.7 Å². The number of hydrogen-bond acceptors (Lipinski definition) is 5. The first-order valence-electron chi connectivity index (χ1n) is 8.08. The number of halogens is 3. The highest BCUT2D eigenvalue weighted by Crippen LogP contribution is 2.39. The minimum atomic E-state index is -4.87. The van der Waals surface area contributed by atoms with Gasteiger partial charge < -0.3 is 19.7 Å². The molecule has 0 spiro atoms. The van der Waals surface area contributed by atoms with Crippen LogP contribution in [0.4, 0.5) is 18.0 Å². The fourth-order valence-corrected chi connectivity index (χ4v) is 2.45. The number of aliphatic hydroxyl groups excluding tert-OH is 1. The third-order valence-corrected chi connectivity index (χ3v) is 3.74. The summed E-state index contributed by atoms with van der Waals surface area (Å²) in [7, 11) is 0. The first-order chi connectivity index (χ1) is 13.1. The lowest BCUT2D eigenvalue weighted by molar-refractivity contribution is -0.146. The smallest absolute Gasteiger partial charge is 0.479 e. The van der Waals surface area contributed by atoms with Crippen molar-refractivity contribution in [2.75, 3.05) is 0 Å². The van der Waals surface area contributed by atoms with Crippen LogP contribution in [0.5, 0.6) is 5.75 Å². The van der Waals surface area contributed by atoms with Crippen LogP contribution in [-0.4, -0.2) is 28.4 Å². The highest BCUT2D eigenvalue weighted by atomic mass is 19.4. The molecule has 2 N–H and O–H groups in total. The Kier molecular flexibility index (Phi) is 6.63.